The molecule has 2 amide bonds. The molecule has 0 aliphatic rings. The Hall–Kier alpha value is -3.51. The number of nitrogens with one attached hydrogen (secondary N) is 2. The molecule has 0 spiro atoms. The highest BCUT2D eigenvalue weighted by atomic mass is 32.1. The van der Waals surface area contributed by atoms with Gasteiger partial charge in [0.1, 0.15) is 0 Å². The van der Waals surface area contributed by atoms with Gasteiger partial charge in [-0.1, -0.05) is 17.9 Å². The Kier molecular flexibility index (Phi) is 6.04. The van der Waals surface area contributed by atoms with Crippen molar-refractivity contribution < 1.29 is 27.2 Å². The number of rotatable bonds is 4. The van der Waals surface area contributed by atoms with Crippen LogP contribution in [0.1, 0.15) is 31.4 Å². The monoisotopic (exact) mass is 418 g/mol. The average Bonchev–Trinajstić information content (AvgIpc) is 3.37. The first-order valence-electron chi connectivity index (χ1n) is 8.22. The number of halogens is 3. The molecule has 2 heterocycles. The molecule has 9 heteroatoms. The van der Waals surface area contributed by atoms with Crippen LogP contribution in [-0.4, -0.2) is 18.4 Å². The highest BCUT2D eigenvalue weighted by Crippen LogP contribution is 2.29. The van der Waals surface area contributed by atoms with Crippen LogP contribution in [0.4, 0.5) is 18.2 Å². The van der Waals surface area contributed by atoms with Crippen LogP contribution in [0.25, 0.3) is 0 Å². The molecule has 3 rings (SSSR count). The second kappa shape index (κ2) is 8.67. The van der Waals surface area contributed by atoms with Gasteiger partial charge in [-0.15, -0.1) is 11.3 Å². The molecule has 0 saturated heterocycles. The molecular formula is C20H13F3N2O3S. The predicted molar refractivity (Wildman–Crippen MR) is 102 cm³/mol. The highest BCUT2D eigenvalue weighted by Gasteiger charge is 2.30. The first kappa shape index (κ1) is 20.2. The van der Waals surface area contributed by atoms with Crippen LogP contribution in [0, 0.1) is 11.8 Å². The number of anilines is 1. The Morgan fingerprint density at radius 1 is 1.07 bits per heavy atom. The number of alkyl halides is 3. The smallest absolute Gasteiger partial charge is 0.416 e. The lowest BCUT2D eigenvalue weighted by molar-refractivity contribution is -0.137. The van der Waals surface area contributed by atoms with Crippen LogP contribution in [-0.2, 0) is 6.18 Å². The summed E-state index contributed by atoms with van der Waals surface area (Å²) in [4.78, 5) is 24.4. The van der Waals surface area contributed by atoms with E-state index in [0.29, 0.717) is 9.88 Å². The summed E-state index contributed by atoms with van der Waals surface area (Å²) in [6.45, 7) is -0.0406. The van der Waals surface area contributed by atoms with E-state index in [0.717, 1.165) is 23.5 Å². The molecule has 0 unspecified atom stereocenters. The Morgan fingerprint density at radius 3 is 2.62 bits per heavy atom. The molecule has 0 bridgehead atoms. The number of amides is 2. The van der Waals surface area contributed by atoms with Gasteiger partial charge in [0.15, 0.2) is 5.76 Å². The molecule has 2 aromatic heterocycles. The average molecular weight is 418 g/mol. The molecule has 0 aliphatic carbocycles. The van der Waals surface area contributed by atoms with Crippen molar-refractivity contribution in [3.05, 3.63) is 76.6 Å². The number of hydrogen-bond acceptors (Lipinski definition) is 4. The fourth-order valence-corrected chi connectivity index (χ4v) is 3.06. The van der Waals surface area contributed by atoms with E-state index in [9.17, 15) is 22.8 Å². The van der Waals surface area contributed by atoms with Gasteiger partial charge in [-0.3, -0.25) is 9.59 Å². The van der Waals surface area contributed by atoms with Gasteiger partial charge in [0, 0.05) is 5.56 Å². The first-order chi connectivity index (χ1) is 13.8. The zero-order valence-corrected chi connectivity index (χ0v) is 15.5. The molecular weight excluding hydrogens is 405 g/mol. The number of thiophene rings is 1. The van der Waals surface area contributed by atoms with Crippen molar-refractivity contribution in [2.75, 3.05) is 11.9 Å². The first-order valence-corrected chi connectivity index (χ1v) is 9.03. The van der Waals surface area contributed by atoms with E-state index in [1.807, 2.05) is 0 Å². The van der Waals surface area contributed by atoms with Crippen molar-refractivity contribution in [1.29, 1.82) is 0 Å². The van der Waals surface area contributed by atoms with Crippen molar-refractivity contribution in [3.8, 4) is 11.8 Å². The van der Waals surface area contributed by atoms with E-state index in [1.165, 1.54) is 30.5 Å². The van der Waals surface area contributed by atoms with Crippen molar-refractivity contribution in [1.82, 2.24) is 5.32 Å². The normalized spacial score (nSPS) is 10.7. The molecule has 2 N–H and O–H groups in total. The maximum Gasteiger partial charge on any atom is 0.416 e. The summed E-state index contributed by atoms with van der Waals surface area (Å²) >= 11 is 1.07. The van der Waals surface area contributed by atoms with Crippen LogP contribution in [0.5, 0.6) is 0 Å². The third-order valence-corrected chi connectivity index (χ3v) is 4.57. The Labute approximate surface area is 167 Å². The summed E-state index contributed by atoms with van der Waals surface area (Å²) in [6.07, 6.45) is -3.06. The van der Waals surface area contributed by atoms with Crippen molar-refractivity contribution in [2.45, 2.75) is 6.18 Å². The van der Waals surface area contributed by atoms with E-state index >= 15 is 0 Å². The van der Waals surface area contributed by atoms with Crippen molar-refractivity contribution in [2.24, 2.45) is 0 Å². The second-order valence-electron chi connectivity index (χ2n) is 5.66. The van der Waals surface area contributed by atoms with E-state index in [-0.39, 0.29) is 17.9 Å². The zero-order chi connectivity index (χ0) is 20.9. The number of carbonyl (C=O) groups is 2. The SMILES string of the molecule is O=C(Nc1ccc(C(=O)NCC#Cc2cccc(C(F)(F)F)c2)s1)c1ccco1. The van der Waals surface area contributed by atoms with Gasteiger partial charge < -0.3 is 15.1 Å². The van der Waals surface area contributed by atoms with E-state index in [1.54, 1.807) is 12.1 Å². The maximum atomic E-state index is 12.7. The molecule has 29 heavy (non-hydrogen) atoms. The summed E-state index contributed by atoms with van der Waals surface area (Å²) in [6, 6.07) is 10.9. The van der Waals surface area contributed by atoms with Gasteiger partial charge in [0.05, 0.1) is 28.2 Å². The summed E-state index contributed by atoms with van der Waals surface area (Å²) in [5.74, 6) is 4.50. The Bertz CT molecular complexity index is 1080. The van der Waals surface area contributed by atoms with Crippen LogP contribution in [0.3, 0.4) is 0 Å². The quantitative estimate of drug-likeness (QED) is 0.618. The van der Waals surface area contributed by atoms with Gasteiger partial charge in [0.25, 0.3) is 11.8 Å². The minimum Gasteiger partial charge on any atom is -0.459 e. The minimum absolute atomic E-state index is 0.0406. The van der Waals surface area contributed by atoms with Crippen LogP contribution in [0.2, 0.25) is 0 Å². The largest absolute Gasteiger partial charge is 0.459 e. The molecule has 5 nitrogen and oxygen atoms in total. The van der Waals surface area contributed by atoms with Gasteiger partial charge in [-0.25, -0.2) is 0 Å². The molecule has 0 radical (unpaired) electrons. The lowest BCUT2D eigenvalue weighted by atomic mass is 10.1. The van der Waals surface area contributed by atoms with E-state index < -0.39 is 23.6 Å². The summed E-state index contributed by atoms with van der Waals surface area (Å²) in [5.41, 5.74) is -0.579. The van der Waals surface area contributed by atoms with Crippen molar-refractivity contribution in [3.63, 3.8) is 0 Å². The molecule has 0 saturated carbocycles. The fraction of sp³-hybridized carbons (Fsp3) is 0.100. The highest BCUT2D eigenvalue weighted by molar-refractivity contribution is 7.18. The van der Waals surface area contributed by atoms with E-state index in [4.69, 9.17) is 4.42 Å². The van der Waals surface area contributed by atoms with Gasteiger partial charge in [-0.05, 0) is 42.5 Å². The molecule has 1 aromatic carbocycles. The fourth-order valence-electron chi connectivity index (χ4n) is 2.24. The zero-order valence-electron chi connectivity index (χ0n) is 14.7. The minimum atomic E-state index is -4.44. The third-order valence-electron chi connectivity index (χ3n) is 3.57. The number of furan rings is 1. The lowest BCUT2D eigenvalue weighted by Gasteiger charge is -2.05. The summed E-state index contributed by atoms with van der Waals surface area (Å²) in [5, 5.41) is 5.63. The molecule has 148 valence electrons. The Balaban J connectivity index is 1.54. The van der Waals surface area contributed by atoms with Crippen LogP contribution >= 0.6 is 11.3 Å². The topological polar surface area (TPSA) is 71.3 Å². The predicted octanol–water partition coefficient (Wildman–Crippen LogP) is 4.39. The standard InChI is InChI=1S/C20H13F3N2O3S/c21-20(22,23)14-6-1-4-13(12-14)5-2-10-24-19(27)16-8-9-17(29-16)25-18(26)15-7-3-11-28-15/h1,3-4,6-9,11-12H,10H2,(H,24,27)(H,25,26). The van der Waals surface area contributed by atoms with Gasteiger partial charge >= 0.3 is 6.18 Å². The number of hydrogen-bond donors (Lipinski definition) is 2. The van der Waals surface area contributed by atoms with Crippen molar-refractivity contribution >= 4 is 28.2 Å². The van der Waals surface area contributed by atoms with Gasteiger partial charge in [-0.2, -0.15) is 13.2 Å². The van der Waals surface area contributed by atoms with E-state index in [2.05, 4.69) is 22.5 Å². The van der Waals surface area contributed by atoms with Gasteiger partial charge in [0.2, 0.25) is 0 Å². The number of benzene rings is 1. The summed E-state index contributed by atoms with van der Waals surface area (Å²) < 4.78 is 43.0. The van der Waals surface area contributed by atoms with Crippen LogP contribution < -0.4 is 10.6 Å². The maximum absolute atomic E-state index is 12.7. The van der Waals surface area contributed by atoms with Crippen LogP contribution in [0.15, 0.2) is 59.2 Å². The molecule has 3 aromatic rings. The summed E-state index contributed by atoms with van der Waals surface area (Å²) in [7, 11) is 0. The molecule has 0 aliphatic heterocycles. The molecule has 0 atom stereocenters. The third kappa shape index (κ3) is 5.49. The second-order valence-corrected chi connectivity index (χ2v) is 6.74. The molecule has 0 fully saturated rings. The Morgan fingerprint density at radius 2 is 1.90 bits per heavy atom. The lowest BCUT2D eigenvalue weighted by Crippen LogP contribution is -2.22. The number of carbonyl (C=O) groups excluding carboxylic acids is 2.